The molecule has 0 aliphatic carbocycles. The fourth-order valence-corrected chi connectivity index (χ4v) is 5.76. The van der Waals surface area contributed by atoms with Crippen LogP contribution in [-0.4, -0.2) is 61.3 Å². The quantitative estimate of drug-likeness (QED) is 0.159. The topological polar surface area (TPSA) is 134 Å². The first kappa shape index (κ1) is 28.9. The number of carbonyl (C=O) groups excluding carboxylic acids is 3. The summed E-state index contributed by atoms with van der Waals surface area (Å²) in [4.78, 5) is 45.4. The maximum absolute atomic E-state index is 13.6. The summed E-state index contributed by atoms with van der Waals surface area (Å²) in [5, 5.41) is 11.7. The standard InChI is InChI=1S/C30H30N2O9S/c1-5-11-39-19-9-7-17(14-21(19)38-6-2)24-23(25(33)18-8-10-20-22(15-18)41-13-12-40-20)26(34)28(35)32(24)30-31-16(3)27(42-30)29(36)37-4/h7-10,14-15,24,33H,5-6,11-13H2,1-4H3/b25-23-. The molecule has 0 bridgehead atoms. The van der Waals surface area contributed by atoms with Gasteiger partial charge >= 0.3 is 11.9 Å². The smallest absolute Gasteiger partial charge is 0.350 e. The van der Waals surface area contributed by atoms with Gasteiger partial charge in [0.15, 0.2) is 28.1 Å². The van der Waals surface area contributed by atoms with Gasteiger partial charge in [-0.25, -0.2) is 9.78 Å². The second-order valence-electron chi connectivity index (χ2n) is 9.42. The van der Waals surface area contributed by atoms with E-state index in [0.29, 0.717) is 60.7 Å². The second-order valence-corrected chi connectivity index (χ2v) is 10.4. The number of amides is 1. The summed E-state index contributed by atoms with van der Waals surface area (Å²) in [5.74, 6) is -1.00. The lowest BCUT2D eigenvalue weighted by atomic mass is 9.95. The van der Waals surface area contributed by atoms with E-state index in [9.17, 15) is 19.5 Å². The van der Waals surface area contributed by atoms with Gasteiger partial charge in [0.25, 0.3) is 5.78 Å². The van der Waals surface area contributed by atoms with Crippen molar-refractivity contribution in [2.75, 3.05) is 38.4 Å². The molecule has 1 unspecified atom stereocenters. The summed E-state index contributed by atoms with van der Waals surface area (Å²) in [6.45, 7) is 6.97. The highest BCUT2D eigenvalue weighted by atomic mass is 32.1. The zero-order chi connectivity index (χ0) is 30.0. The van der Waals surface area contributed by atoms with E-state index >= 15 is 0 Å². The van der Waals surface area contributed by atoms with Crippen LogP contribution in [0, 0.1) is 6.92 Å². The highest BCUT2D eigenvalue weighted by molar-refractivity contribution is 7.17. The summed E-state index contributed by atoms with van der Waals surface area (Å²) < 4.78 is 27.8. The van der Waals surface area contributed by atoms with E-state index in [1.54, 1.807) is 43.3 Å². The van der Waals surface area contributed by atoms with Crippen LogP contribution in [0.15, 0.2) is 42.0 Å². The minimum absolute atomic E-state index is 0.102. The Bertz CT molecular complexity index is 1580. The highest BCUT2D eigenvalue weighted by Gasteiger charge is 2.48. The van der Waals surface area contributed by atoms with Crippen molar-refractivity contribution in [1.82, 2.24) is 4.98 Å². The van der Waals surface area contributed by atoms with E-state index < -0.39 is 29.5 Å². The number of aliphatic hydroxyl groups is 1. The van der Waals surface area contributed by atoms with E-state index in [0.717, 1.165) is 17.8 Å². The van der Waals surface area contributed by atoms with E-state index in [1.165, 1.54) is 12.0 Å². The van der Waals surface area contributed by atoms with E-state index in [1.807, 2.05) is 13.8 Å². The molecule has 3 heterocycles. The number of thiazole rings is 1. The lowest BCUT2D eigenvalue weighted by molar-refractivity contribution is -0.132. The SMILES string of the molecule is CCCOc1ccc(C2/C(=C(/O)c3ccc4c(c3)OCCO4)C(=O)C(=O)N2c2nc(C)c(C(=O)OC)s2)cc1OCC. The molecule has 5 rings (SSSR count). The molecule has 1 amide bonds. The first-order valence-corrected chi connectivity index (χ1v) is 14.3. The van der Waals surface area contributed by atoms with Crippen molar-refractivity contribution in [3.8, 4) is 23.0 Å². The molecule has 2 aliphatic rings. The monoisotopic (exact) mass is 594 g/mol. The van der Waals surface area contributed by atoms with Crippen molar-refractivity contribution in [2.45, 2.75) is 33.2 Å². The molecule has 220 valence electrons. The molecule has 1 aromatic heterocycles. The molecule has 2 aromatic carbocycles. The third kappa shape index (κ3) is 5.25. The van der Waals surface area contributed by atoms with Gasteiger partial charge in [0.05, 0.1) is 37.6 Å². The number of esters is 1. The van der Waals surface area contributed by atoms with Crippen molar-refractivity contribution in [1.29, 1.82) is 0 Å². The average Bonchev–Trinajstić information content (AvgIpc) is 3.51. The van der Waals surface area contributed by atoms with Crippen molar-refractivity contribution in [2.24, 2.45) is 0 Å². The normalized spacial score (nSPS) is 17.3. The second kappa shape index (κ2) is 12.1. The Morgan fingerprint density at radius 1 is 1.07 bits per heavy atom. The molecule has 1 saturated heterocycles. The van der Waals surface area contributed by atoms with Crippen LogP contribution in [-0.2, 0) is 14.3 Å². The number of carbonyl (C=O) groups is 3. The van der Waals surface area contributed by atoms with Gasteiger partial charge < -0.3 is 28.8 Å². The van der Waals surface area contributed by atoms with Gasteiger partial charge in [0.2, 0.25) is 0 Å². The Morgan fingerprint density at radius 3 is 2.55 bits per heavy atom. The van der Waals surface area contributed by atoms with Crippen LogP contribution >= 0.6 is 11.3 Å². The lowest BCUT2D eigenvalue weighted by Crippen LogP contribution is -2.29. The lowest BCUT2D eigenvalue weighted by Gasteiger charge is -2.24. The molecule has 0 radical (unpaired) electrons. The van der Waals surface area contributed by atoms with Crippen molar-refractivity contribution in [3.63, 3.8) is 0 Å². The van der Waals surface area contributed by atoms with Crippen LogP contribution in [0.4, 0.5) is 5.13 Å². The Hall–Kier alpha value is -4.58. The number of fused-ring (bicyclic) bond motifs is 1. The number of rotatable bonds is 9. The molecule has 0 saturated carbocycles. The minimum atomic E-state index is -1.10. The van der Waals surface area contributed by atoms with Gasteiger partial charge in [-0.3, -0.25) is 14.5 Å². The predicted molar refractivity (Wildman–Crippen MR) is 154 cm³/mol. The molecule has 2 aliphatic heterocycles. The van der Waals surface area contributed by atoms with Gasteiger partial charge in [-0.15, -0.1) is 0 Å². The molecule has 1 fully saturated rings. The highest BCUT2D eigenvalue weighted by Crippen LogP contribution is 2.46. The number of aliphatic hydroxyl groups excluding tert-OH is 1. The number of benzene rings is 2. The largest absolute Gasteiger partial charge is 0.507 e. The molecule has 1 N–H and O–H groups in total. The molecule has 1 atom stereocenters. The van der Waals surface area contributed by atoms with Gasteiger partial charge in [-0.2, -0.15) is 0 Å². The maximum atomic E-state index is 13.6. The van der Waals surface area contributed by atoms with Crippen LogP contribution in [0.2, 0.25) is 0 Å². The Labute approximate surface area is 246 Å². The predicted octanol–water partition coefficient (Wildman–Crippen LogP) is 4.82. The number of Topliss-reactive ketones (excluding diaryl/α,β-unsaturated/α-hetero) is 1. The fourth-order valence-electron chi connectivity index (χ4n) is 4.75. The Morgan fingerprint density at radius 2 is 1.83 bits per heavy atom. The zero-order valence-corrected chi connectivity index (χ0v) is 24.4. The number of ketones is 1. The van der Waals surface area contributed by atoms with Gasteiger partial charge in [0.1, 0.15) is 23.9 Å². The number of ether oxygens (including phenoxy) is 5. The molecule has 11 nitrogen and oxygen atoms in total. The molecule has 3 aromatic rings. The first-order chi connectivity index (χ1) is 20.3. The van der Waals surface area contributed by atoms with Crippen molar-refractivity contribution in [3.05, 3.63) is 63.7 Å². The van der Waals surface area contributed by atoms with Crippen molar-refractivity contribution < 1.29 is 43.2 Å². The number of methoxy groups -OCH3 is 1. The third-order valence-electron chi connectivity index (χ3n) is 6.67. The summed E-state index contributed by atoms with van der Waals surface area (Å²) in [6.07, 6.45) is 0.787. The van der Waals surface area contributed by atoms with Crippen LogP contribution in [0.5, 0.6) is 23.0 Å². The number of nitrogens with zero attached hydrogens (tertiary/aromatic N) is 2. The number of aryl methyl sites for hydroxylation is 1. The summed E-state index contributed by atoms with van der Waals surface area (Å²) in [5.41, 5.74) is 0.912. The molecule has 12 heteroatoms. The summed E-state index contributed by atoms with van der Waals surface area (Å²) in [6, 6.07) is 8.76. The van der Waals surface area contributed by atoms with E-state index in [4.69, 9.17) is 23.7 Å². The van der Waals surface area contributed by atoms with E-state index in [-0.39, 0.29) is 21.1 Å². The molecule has 0 spiro atoms. The van der Waals surface area contributed by atoms with Crippen LogP contribution in [0.1, 0.15) is 52.8 Å². The maximum Gasteiger partial charge on any atom is 0.350 e. The van der Waals surface area contributed by atoms with Crippen LogP contribution < -0.4 is 23.8 Å². The van der Waals surface area contributed by atoms with Crippen LogP contribution in [0.3, 0.4) is 0 Å². The molecular formula is C30H30N2O9S. The Kier molecular flexibility index (Phi) is 8.34. The first-order valence-electron chi connectivity index (χ1n) is 13.4. The fraction of sp³-hybridized carbons (Fsp3) is 0.333. The zero-order valence-electron chi connectivity index (χ0n) is 23.6. The summed E-state index contributed by atoms with van der Waals surface area (Å²) >= 11 is 0.921. The molecule has 42 heavy (non-hydrogen) atoms. The van der Waals surface area contributed by atoms with Gasteiger partial charge in [-0.1, -0.05) is 24.3 Å². The minimum Gasteiger partial charge on any atom is -0.507 e. The summed E-state index contributed by atoms with van der Waals surface area (Å²) in [7, 11) is 1.25. The van der Waals surface area contributed by atoms with Gasteiger partial charge in [-0.05, 0) is 56.2 Å². The van der Waals surface area contributed by atoms with E-state index in [2.05, 4.69) is 4.98 Å². The number of anilines is 1. The van der Waals surface area contributed by atoms with Crippen molar-refractivity contribution >= 4 is 39.9 Å². The number of hydrogen-bond donors (Lipinski definition) is 1. The Balaban J connectivity index is 1.70. The van der Waals surface area contributed by atoms with Crippen LogP contribution in [0.25, 0.3) is 5.76 Å². The van der Waals surface area contributed by atoms with Gasteiger partial charge in [0, 0.05) is 5.56 Å². The number of hydrogen-bond acceptors (Lipinski definition) is 11. The molecular weight excluding hydrogens is 564 g/mol. The number of aromatic nitrogens is 1. The third-order valence-corrected chi connectivity index (χ3v) is 7.80. The average molecular weight is 595 g/mol.